The zero-order chi connectivity index (χ0) is 23.9. The maximum atomic E-state index is 12.7. The number of rotatable bonds is 9. The Labute approximate surface area is 192 Å². The molecule has 0 aromatic heterocycles. The minimum absolute atomic E-state index is 0.00437. The molecule has 178 valence electrons. The molecule has 7 nitrogen and oxygen atoms in total. The van der Waals surface area contributed by atoms with Gasteiger partial charge >= 0.3 is 0 Å². The van der Waals surface area contributed by atoms with Crippen molar-refractivity contribution in [3.63, 3.8) is 0 Å². The second-order valence-corrected chi connectivity index (χ2v) is 11.6. The van der Waals surface area contributed by atoms with Crippen LogP contribution in [0.4, 0.5) is 5.69 Å². The van der Waals surface area contributed by atoms with Crippen LogP contribution in [0, 0.1) is 17.3 Å². The van der Waals surface area contributed by atoms with Gasteiger partial charge in [-0.1, -0.05) is 27.4 Å². The van der Waals surface area contributed by atoms with Gasteiger partial charge < -0.3 is 10.6 Å². The number of benzene rings is 1. The quantitative estimate of drug-likeness (QED) is 0.430. The van der Waals surface area contributed by atoms with Crippen LogP contribution in [0.25, 0.3) is 0 Å². The van der Waals surface area contributed by atoms with Crippen molar-refractivity contribution in [2.75, 3.05) is 25.5 Å². The molecule has 0 radical (unpaired) electrons. The topological polar surface area (TPSA) is 95.6 Å². The number of carbonyl (C=O) groups is 2. The van der Waals surface area contributed by atoms with Crippen molar-refractivity contribution >= 4 is 27.5 Å². The molecule has 1 aliphatic rings. The van der Waals surface area contributed by atoms with E-state index in [4.69, 9.17) is 0 Å². The van der Waals surface area contributed by atoms with E-state index >= 15 is 0 Å². The molecule has 1 aromatic carbocycles. The summed E-state index contributed by atoms with van der Waals surface area (Å²) in [5.41, 5.74) is 0.872. The highest BCUT2D eigenvalue weighted by atomic mass is 32.2. The Hall–Kier alpha value is -2.19. The second kappa shape index (κ2) is 11.1. The highest BCUT2D eigenvalue weighted by molar-refractivity contribution is 7.89. The van der Waals surface area contributed by atoms with Crippen molar-refractivity contribution in [1.29, 1.82) is 0 Å². The van der Waals surface area contributed by atoms with Crippen molar-refractivity contribution in [2.24, 2.45) is 17.3 Å². The van der Waals surface area contributed by atoms with Crippen molar-refractivity contribution in [1.82, 2.24) is 9.62 Å². The Morgan fingerprint density at radius 3 is 2.25 bits per heavy atom. The van der Waals surface area contributed by atoms with Crippen molar-refractivity contribution in [3.05, 3.63) is 36.9 Å². The smallest absolute Gasteiger partial charge is 0.243 e. The fourth-order valence-corrected chi connectivity index (χ4v) is 5.27. The lowest BCUT2D eigenvalue weighted by molar-refractivity contribution is -0.121. The Morgan fingerprint density at radius 2 is 1.72 bits per heavy atom. The van der Waals surface area contributed by atoms with Crippen LogP contribution in [0.2, 0.25) is 0 Å². The largest absolute Gasteiger partial charge is 0.353 e. The third kappa shape index (κ3) is 7.17. The van der Waals surface area contributed by atoms with Gasteiger partial charge in [-0.15, -0.1) is 0 Å². The molecule has 0 spiro atoms. The molecule has 1 aliphatic carbocycles. The van der Waals surface area contributed by atoms with Gasteiger partial charge in [0.15, 0.2) is 0 Å². The van der Waals surface area contributed by atoms with Crippen LogP contribution >= 0.6 is 0 Å². The van der Waals surface area contributed by atoms with Crippen LogP contribution < -0.4 is 10.6 Å². The maximum Gasteiger partial charge on any atom is 0.243 e. The summed E-state index contributed by atoms with van der Waals surface area (Å²) in [5.74, 6) is 0.373. The molecule has 1 fully saturated rings. The SMILES string of the molecule is C=CC(=O)NCCCN(C)S(=O)(=O)c1ccc(NC(=O)C2CCC(C(C)(C)C)CC2)cc1. The monoisotopic (exact) mass is 463 g/mol. The number of carbonyl (C=O) groups excluding carboxylic acids is 2. The minimum atomic E-state index is -3.64. The molecule has 2 rings (SSSR count). The van der Waals surface area contributed by atoms with E-state index in [0.717, 1.165) is 25.7 Å². The number of hydrogen-bond acceptors (Lipinski definition) is 4. The van der Waals surface area contributed by atoms with Gasteiger partial charge in [-0.2, -0.15) is 0 Å². The van der Waals surface area contributed by atoms with Crippen LogP contribution in [0.3, 0.4) is 0 Å². The second-order valence-electron chi connectivity index (χ2n) is 9.60. The average molecular weight is 464 g/mol. The highest BCUT2D eigenvalue weighted by Gasteiger charge is 2.32. The zero-order valence-electron chi connectivity index (χ0n) is 19.7. The van der Waals surface area contributed by atoms with E-state index in [2.05, 4.69) is 38.0 Å². The molecule has 0 atom stereocenters. The Bertz CT molecular complexity index is 896. The minimum Gasteiger partial charge on any atom is -0.353 e. The van der Waals surface area contributed by atoms with Crippen LogP contribution in [0.1, 0.15) is 52.9 Å². The molecule has 2 amide bonds. The molecule has 0 bridgehead atoms. The van der Waals surface area contributed by atoms with E-state index in [0.29, 0.717) is 24.6 Å². The normalized spacial score (nSPS) is 19.4. The van der Waals surface area contributed by atoms with E-state index in [1.807, 2.05) is 0 Å². The number of sulfonamides is 1. The van der Waals surface area contributed by atoms with E-state index < -0.39 is 10.0 Å². The van der Waals surface area contributed by atoms with Crippen LogP contribution in [0.5, 0.6) is 0 Å². The molecule has 0 aliphatic heterocycles. The Kier molecular flexibility index (Phi) is 9.04. The Morgan fingerprint density at radius 1 is 1.12 bits per heavy atom. The fourth-order valence-electron chi connectivity index (χ4n) is 4.06. The predicted octanol–water partition coefficient (Wildman–Crippen LogP) is 3.79. The molecule has 2 N–H and O–H groups in total. The third-order valence-electron chi connectivity index (χ3n) is 6.29. The molecule has 32 heavy (non-hydrogen) atoms. The summed E-state index contributed by atoms with van der Waals surface area (Å²) < 4.78 is 26.7. The first-order valence-electron chi connectivity index (χ1n) is 11.2. The molecular formula is C24H37N3O4S. The van der Waals surface area contributed by atoms with Gasteiger partial charge in [-0.3, -0.25) is 9.59 Å². The summed E-state index contributed by atoms with van der Waals surface area (Å²) in [5, 5.41) is 5.56. The van der Waals surface area contributed by atoms with Gasteiger partial charge in [0.25, 0.3) is 0 Å². The van der Waals surface area contributed by atoms with Gasteiger partial charge in [0.1, 0.15) is 0 Å². The van der Waals surface area contributed by atoms with E-state index in [-0.39, 0.29) is 34.6 Å². The zero-order valence-corrected chi connectivity index (χ0v) is 20.5. The molecule has 8 heteroatoms. The van der Waals surface area contributed by atoms with E-state index in [1.54, 1.807) is 12.1 Å². The van der Waals surface area contributed by atoms with Gasteiger partial charge in [-0.25, -0.2) is 12.7 Å². The van der Waals surface area contributed by atoms with Crippen LogP contribution in [-0.2, 0) is 19.6 Å². The lowest BCUT2D eigenvalue weighted by Crippen LogP contribution is -2.31. The van der Waals surface area contributed by atoms with Crippen LogP contribution in [0.15, 0.2) is 41.8 Å². The molecule has 1 saturated carbocycles. The summed E-state index contributed by atoms with van der Waals surface area (Å²) in [7, 11) is -2.14. The first-order valence-corrected chi connectivity index (χ1v) is 12.7. The lowest BCUT2D eigenvalue weighted by Gasteiger charge is -2.36. The van der Waals surface area contributed by atoms with Crippen molar-refractivity contribution < 1.29 is 18.0 Å². The summed E-state index contributed by atoms with van der Waals surface area (Å²) in [6.07, 6.45) is 5.56. The molecular weight excluding hydrogens is 426 g/mol. The molecule has 0 unspecified atom stereocenters. The maximum absolute atomic E-state index is 12.7. The number of nitrogens with zero attached hydrogens (tertiary/aromatic N) is 1. The fraction of sp³-hybridized carbons (Fsp3) is 0.583. The lowest BCUT2D eigenvalue weighted by atomic mass is 9.69. The van der Waals surface area contributed by atoms with E-state index in [1.165, 1.54) is 29.6 Å². The van der Waals surface area contributed by atoms with Crippen LogP contribution in [-0.4, -0.2) is 44.7 Å². The summed E-state index contributed by atoms with van der Waals surface area (Å²) in [4.78, 5) is 24.0. The average Bonchev–Trinajstić information content (AvgIpc) is 2.76. The first-order chi connectivity index (χ1) is 14.9. The molecule has 0 saturated heterocycles. The highest BCUT2D eigenvalue weighted by Crippen LogP contribution is 2.40. The van der Waals surface area contributed by atoms with Crippen molar-refractivity contribution in [2.45, 2.75) is 57.8 Å². The number of amides is 2. The number of hydrogen-bond donors (Lipinski definition) is 2. The predicted molar refractivity (Wildman–Crippen MR) is 128 cm³/mol. The summed E-state index contributed by atoms with van der Waals surface area (Å²) in [6, 6.07) is 6.28. The third-order valence-corrected chi connectivity index (χ3v) is 8.16. The summed E-state index contributed by atoms with van der Waals surface area (Å²) >= 11 is 0. The molecule has 1 aromatic rings. The molecule has 0 heterocycles. The van der Waals surface area contributed by atoms with Gasteiger partial charge in [0.2, 0.25) is 21.8 Å². The standard InChI is InChI=1S/C24H37N3O4S/c1-6-22(28)25-16-7-17-27(5)32(30,31)21-14-12-20(13-15-21)26-23(29)18-8-10-19(11-9-18)24(2,3)4/h6,12-15,18-19H,1,7-11,16-17H2,2-5H3,(H,25,28)(H,26,29). The van der Waals surface area contributed by atoms with Gasteiger partial charge in [0.05, 0.1) is 4.90 Å². The number of anilines is 1. The Balaban J connectivity index is 1.88. The first kappa shape index (κ1) is 26.1. The van der Waals surface area contributed by atoms with E-state index in [9.17, 15) is 18.0 Å². The van der Waals surface area contributed by atoms with Crippen molar-refractivity contribution in [3.8, 4) is 0 Å². The van der Waals surface area contributed by atoms with Gasteiger partial charge in [-0.05, 0) is 73.8 Å². The summed E-state index contributed by atoms with van der Waals surface area (Å²) in [6.45, 7) is 10.8. The number of nitrogens with one attached hydrogen (secondary N) is 2. The van der Waals surface area contributed by atoms with Gasteiger partial charge in [0, 0.05) is 31.7 Å².